The molecular formula is C18H30N4O3S. The number of carbonyl (C=O) groups is 1. The third-order valence-electron chi connectivity index (χ3n) is 4.09. The van der Waals surface area contributed by atoms with Crippen LogP contribution in [0.15, 0.2) is 29.3 Å². The van der Waals surface area contributed by atoms with Gasteiger partial charge in [-0.2, -0.15) is 0 Å². The van der Waals surface area contributed by atoms with Gasteiger partial charge in [0.1, 0.15) is 0 Å². The Bertz CT molecular complexity index is 743. The lowest BCUT2D eigenvalue weighted by Gasteiger charge is -2.21. The summed E-state index contributed by atoms with van der Waals surface area (Å²) in [6, 6.07) is 7.45. The van der Waals surface area contributed by atoms with Crippen molar-refractivity contribution in [3.8, 4) is 0 Å². The molecule has 0 aliphatic rings. The first-order chi connectivity index (χ1) is 12.1. The number of amides is 1. The van der Waals surface area contributed by atoms with Crippen molar-refractivity contribution in [1.29, 1.82) is 0 Å². The number of rotatable bonds is 8. The molecule has 3 N–H and O–H groups in total. The molecule has 0 bridgehead atoms. The van der Waals surface area contributed by atoms with Crippen LogP contribution in [0.25, 0.3) is 0 Å². The second kappa shape index (κ2) is 9.56. The highest BCUT2D eigenvalue weighted by Crippen LogP contribution is 2.15. The van der Waals surface area contributed by atoms with Gasteiger partial charge < -0.3 is 16.0 Å². The summed E-state index contributed by atoms with van der Waals surface area (Å²) in [6.07, 6.45) is 1.94. The minimum absolute atomic E-state index is 0.113. The van der Waals surface area contributed by atoms with Gasteiger partial charge in [-0.05, 0) is 44.9 Å². The topological polar surface area (TPSA) is 99.7 Å². The molecule has 1 rings (SSSR count). The van der Waals surface area contributed by atoms with Gasteiger partial charge in [0, 0.05) is 32.0 Å². The van der Waals surface area contributed by atoms with E-state index in [2.05, 4.69) is 20.9 Å². The zero-order valence-electron chi connectivity index (χ0n) is 16.2. The van der Waals surface area contributed by atoms with E-state index in [9.17, 15) is 13.2 Å². The van der Waals surface area contributed by atoms with Crippen LogP contribution in [0.1, 0.15) is 36.7 Å². The number of hydrogen-bond donors (Lipinski definition) is 3. The van der Waals surface area contributed by atoms with Crippen molar-refractivity contribution in [3.63, 3.8) is 0 Å². The second-order valence-electron chi connectivity index (χ2n) is 6.68. The van der Waals surface area contributed by atoms with Gasteiger partial charge in [-0.15, -0.1) is 0 Å². The van der Waals surface area contributed by atoms with Crippen LogP contribution in [0.3, 0.4) is 0 Å². The fraction of sp³-hybridized carbons (Fsp3) is 0.556. The maximum atomic E-state index is 11.8. The Morgan fingerprint density at radius 2 is 1.92 bits per heavy atom. The van der Waals surface area contributed by atoms with E-state index in [1.165, 1.54) is 6.26 Å². The molecule has 0 aliphatic heterocycles. The minimum atomic E-state index is -3.19. The molecule has 1 aromatic rings. The number of sulfone groups is 1. The summed E-state index contributed by atoms with van der Waals surface area (Å²) in [7, 11) is -1.59. The molecule has 0 aromatic heterocycles. The number of aliphatic imine (C=N–C) groups is 1. The summed E-state index contributed by atoms with van der Waals surface area (Å²) in [5, 5.41) is 8.92. The van der Waals surface area contributed by atoms with Crippen molar-refractivity contribution in [3.05, 3.63) is 35.4 Å². The first-order valence-electron chi connectivity index (χ1n) is 8.63. The normalized spacial score (nSPS) is 12.6. The first kappa shape index (κ1) is 22.0. The van der Waals surface area contributed by atoms with E-state index in [0.717, 1.165) is 5.56 Å². The van der Waals surface area contributed by atoms with Crippen molar-refractivity contribution >= 4 is 21.7 Å². The van der Waals surface area contributed by atoms with Crippen LogP contribution in [-0.2, 0) is 16.3 Å². The Labute approximate surface area is 156 Å². The molecule has 1 amide bonds. The van der Waals surface area contributed by atoms with Crippen LogP contribution in [0.4, 0.5) is 0 Å². The fourth-order valence-electron chi connectivity index (χ4n) is 2.07. The highest BCUT2D eigenvalue weighted by molar-refractivity contribution is 7.92. The Morgan fingerprint density at radius 3 is 2.50 bits per heavy atom. The summed E-state index contributed by atoms with van der Waals surface area (Å²) >= 11 is 0. The van der Waals surface area contributed by atoms with Gasteiger partial charge in [0.05, 0.1) is 11.3 Å². The molecule has 0 heterocycles. The Hall–Kier alpha value is -2.09. The predicted molar refractivity (Wildman–Crippen MR) is 106 cm³/mol. The highest BCUT2D eigenvalue weighted by Gasteiger charge is 2.29. The SMILES string of the molecule is CCNC(=NCC(C)(C)S(C)(=O)=O)NCCc1cccc(C(=O)NC)c1. The zero-order valence-corrected chi connectivity index (χ0v) is 17.0. The largest absolute Gasteiger partial charge is 0.357 e. The molecule has 0 saturated heterocycles. The number of guanidine groups is 1. The van der Waals surface area contributed by atoms with E-state index in [1.807, 2.05) is 25.1 Å². The summed E-state index contributed by atoms with van der Waals surface area (Å²) in [5.41, 5.74) is 1.66. The molecule has 0 radical (unpaired) electrons. The van der Waals surface area contributed by atoms with Crippen molar-refractivity contribution < 1.29 is 13.2 Å². The van der Waals surface area contributed by atoms with Crippen LogP contribution in [0.2, 0.25) is 0 Å². The third-order valence-corrected chi connectivity index (χ3v) is 6.22. The number of nitrogens with zero attached hydrogens (tertiary/aromatic N) is 1. The first-order valence-corrected chi connectivity index (χ1v) is 10.5. The van der Waals surface area contributed by atoms with Crippen LogP contribution in [0.5, 0.6) is 0 Å². The molecule has 0 aliphatic carbocycles. The van der Waals surface area contributed by atoms with Crippen molar-refractivity contribution in [2.45, 2.75) is 31.9 Å². The predicted octanol–water partition coefficient (Wildman–Crippen LogP) is 0.967. The molecule has 0 atom stereocenters. The number of carbonyl (C=O) groups excluding carboxylic acids is 1. The summed E-state index contributed by atoms with van der Waals surface area (Å²) in [4.78, 5) is 16.1. The number of hydrogen-bond acceptors (Lipinski definition) is 4. The molecule has 26 heavy (non-hydrogen) atoms. The van der Waals surface area contributed by atoms with Gasteiger partial charge in [0.25, 0.3) is 5.91 Å². The number of nitrogens with one attached hydrogen (secondary N) is 3. The molecule has 0 saturated carbocycles. The Balaban J connectivity index is 2.70. The van der Waals surface area contributed by atoms with E-state index in [-0.39, 0.29) is 12.5 Å². The third kappa shape index (κ3) is 6.67. The van der Waals surface area contributed by atoms with Crippen LogP contribution >= 0.6 is 0 Å². The standard InChI is InChI=1S/C18H30N4O3S/c1-6-20-17(22-13-18(2,3)26(5,24)25)21-11-10-14-8-7-9-15(12-14)16(23)19-4/h7-9,12H,6,10-11,13H2,1-5H3,(H,19,23)(H2,20,21,22). The summed E-state index contributed by atoms with van der Waals surface area (Å²) in [6.45, 7) is 6.75. The zero-order chi connectivity index (χ0) is 19.8. The monoisotopic (exact) mass is 382 g/mol. The van der Waals surface area contributed by atoms with Gasteiger partial charge in [0.2, 0.25) is 0 Å². The van der Waals surface area contributed by atoms with Gasteiger partial charge in [0.15, 0.2) is 15.8 Å². The van der Waals surface area contributed by atoms with Crippen molar-refractivity contribution in [2.75, 3.05) is 32.9 Å². The lowest BCUT2D eigenvalue weighted by atomic mass is 10.1. The fourth-order valence-corrected chi connectivity index (χ4v) is 2.37. The lowest BCUT2D eigenvalue weighted by Crippen LogP contribution is -2.41. The summed E-state index contributed by atoms with van der Waals surface area (Å²) < 4.78 is 22.7. The molecular weight excluding hydrogens is 352 g/mol. The maximum Gasteiger partial charge on any atom is 0.251 e. The van der Waals surface area contributed by atoms with E-state index in [1.54, 1.807) is 27.0 Å². The molecule has 8 heteroatoms. The highest BCUT2D eigenvalue weighted by atomic mass is 32.2. The van der Waals surface area contributed by atoms with E-state index in [0.29, 0.717) is 31.0 Å². The smallest absolute Gasteiger partial charge is 0.251 e. The van der Waals surface area contributed by atoms with Crippen LogP contribution in [0, 0.1) is 0 Å². The average Bonchev–Trinajstić information content (AvgIpc) is 2.58. The van der Waals surface area contributed by atoms with Crippen LogP contribution in [-0.4, -0.2) is 58.0 Å². The molecule has 146 valence electrons. The molecule has 0 spiro atoms. The number of benzene rings is 1. The second-order valence-corrected chi connectivity index (χ2v) is 9.33. The van der Waals surface area contributed by atoms with Crippen LogP contribution < -0.4 is 16.0 Å². The lowest BCUT2D eigenvalue weighted by molar-refractivity contribution is 0.0963. The van der Waals surface area contributed by atoms with E-state index < -0.39 is 14.6 Å². The van der Waals surface area contributed by atoms with Crippen molar-refractivity contribution in [1.82, 2.24) is 16.0 Å². The maximum absolute atomic E-state index is 11.8. The van der Waals surface area contributed by atoms with Gasteiger partial charge in [-0.25, -0.2) is 8.42 Å². The van der Waals surface area contributed by atoms with E-state index in [4.69, 9.17) is 0 Å². The molecule has 1 aromatic carbocycles. The molecule has 0 unspecified atom stereocenters. The molecule has 7 nitrogen and oxygen atoms in total. The van der Waals surface area contributed by atoms with Gasteiger partial charge in [-0.1, -0.05) is 12.1 Å². The van der Waals surface area contributed by atoms with Crippen molar-refractivity contribution in [2.24, 2.45) is 4.99 Å². The minimum Gasteiger partial charge on any atom is -0.357 e. The Kier molecular flexibility index (Phi) is 8.08. The van der Waals surface area contributed by atoms with Gasteiger partial charge in [-0.3, -0.25) is 9.79 Å². The average molecular weight is 383 g/mol. The molecule has 0 fully saturated rings. The van der Waals surface area contributed by atoms with E-state index >= 15 is 0 Å². The Morgan fingerprint density at radius 1 is 1.23 bits per heavy atom. The van der Waals surface area contributed by atoms with Gasteiger partial charge >= 0.3 is 0 Å². The quantitative estimate of drug-likeness (QED) is 0.459. The summed E-state index contributed by atoms with van der Waals surface area (Å²) in [5.74, 6) is 0.462.